The Balaban J connectivity index is 2.66. The van der Waals surface area contributed by atoms with Crippen LogP contribution in [0.1, 0.15) is 12.5 Å². The van der Waals surface area contributed by atoms with Crippen molar-refractivity contribution in [1.29, 1.82) is 5.41 Å². The van der Waals surface area contributed by atoms with Crippen molar-refractivity contribution in [3.8, 4) is 11.5 Å². The first-order valence-corrected chi connectivity index (χ1v) is 7.08. The number of rotatable bonds is 0. The lowest BCUT2D eigenvalue weighted by Crippen LogP contribution is -2.15. The Hall–Kier alpha value is -2.88. The van der Waals surface area contributed by atoms with Gasteiger partial charge in [-0.2, -0.15) is 0 Å². The van der Waals surface area contributed by atoms with E-state index < -0.39 is 0 Å². The number of hydrogen-bond acceptors (Lipinski definition) is 4. The lowest BCUT2D eigenvalue weighted by atomic mass is 10.1. The summed E-state index contributed by atoms with van der Waals surface area (Å²) in [6, 6.07) is 11.4. The van der Waals surface area contributed by atoms with Crippen molar-refractivity contribution < 1.29 is 4.42 Å². The topological polar surface area (TPSA) is 75.9 Å². The number of nitrogens with zero attached hydrogens (tertiary/aromatic N) is 1. The smallest absolute Gasteiger partial charge is 0.155 e. The van der Waals surface area contributed by atoms with E-state index in [1.807, 2.05) is 50.3 Å². The summed E-state index contributed by atoms with van der Waals surface area (Å²) in [4.78, 5) is 4.74. The van der Waals surface area contributed by atoms with Crippen LogP contribution in [0.25, 0.3) is 23.7 Å². The van der Waals surface area contributed by atoms with Gasteiger partial charge in [-0.15, -0.1) is 0 Å². The molecule has 3 rings (SSSR count). The summed E-state index contributed by atoms with van der Waals surface area (Å²) in [5.74, 6) is 0.613. The van der Waals surface area contributed by atoms with E-state index in [0.717, 1.165) is 27.0 Å². The Bertz CT molecular complexity index is 1080. The monoisotopic (exact) mass is 291 g/mol. The van der Waals surface area contributed by atoms with Crippen molar-refractivity contribution in [3.05, 3.63) is 68.5 Å². The molecular weight excluding hydrogens is 274 g/mol. The molecule has 3 N–H and O–H groups in total. The highest BCUT2D eigenvalue weighted by molar-refractivity contribution is 5.54. The molecule has 1 aromatic rings. The first-order valence-electron chi connectivity index (χ1n) is 7.08. The maximum Gasteiger partial charge on any atom is 0.155 e. The van der Waals surface area contributed by atoms with Gasteiger partial charge in [0.1, 0.15) is 16.5 Å². The van der Waals surface area contributed by atoms with Crippen LogP contribution < -0.4 is 21.7 Å². The van der Waals surface area contributed by atoms with Gasteiger partial charge in [-0.25, -0.2) is 4.98 Å². The zero-order valence-electron chi connectivity index (χ0n) is 12.6. The van der Waals surface area contributed by atoms with Crippen LogP contribution in [-0.4, -0.2) is 4.98 Å². The summed E-state index contributed by atoms with van der Waals surface area (Å²) in [5, 5.41) is 10.9. The molecule has 0 amide bonds. The zero-order valence-corrected chi connectivity index (χ0v) is 12.6. The van der Waals surface area contributed by atoms with E-state index in [0.29, 0.717) is 16.5 Å². The summed E-state index contributed by atoms with van der Waals surface area (Å²) in [7, 11) is 0. The molecule has 4 nitrogen and oxygen atoms in total. The van der Waals surface area contributed by atoms with Crippen molar-refractivity contribution in [2.24, 2.45) is 5.73 Å². The Morgan fingerprint density at radius 1 is 1.23 bits per heavy atom. The average molecular weight is 291 g/mol. The molecule has 0 radical (unpaired) electrons. The predicted octanol–water partition coefficient (Wildman–Crippen LogP) is 1.35. The molecule has 0 bridgehead atoms. The van der Waals surface area contributed by atoms with Crippen LogP contribution >= 0.6 is 0 Å². The van der Waals surface area contributed by atoms with E-state index in [4.69, 9.17) is 20.5 Å². The van der Waals surface area contributed by atoms with Crippen molar-refractivity contribution in [2.75, 3.05) is 0 Å². The molecule has 0 saturated carbocycles. The van der Waals surface area contributed by atoms with Gasteiger partial charge in [0, 0.05) is 17.5 Å². The number of benzene rings is 2. The fourth-order valence-electron chi connectivity index (χ4n) is 2.43. The number of fused-ring (bicyclic) bond motifs is 1. The van der Waals surface area contributed by atoms with E-state index >= 15 is 0 Å². The largest absolute Gasteiger partial charge is 0.453 e. The molecule has 1 heterocycles. The van der Waals surface area contributed by atoms with Crippen molar-refractivity contribution in [2.45, 2.75) is 13.8 Å². The number of nitrogens with one attached hydrogen (secondary N) is 1. The van der Waals surface area contributed by atoms with Crippen LogP contribution in [0.15, 0.2) is 40.8 Å². The molecule has 0 fully saturated rings. The predicted molar refractivity (Wildman–Crippen MR) is 85.9 cm³/mol. The molecule has 0 unspecified atom stereocenters. The van der Waals surface area contributed by atoms with Crippen LogP contribution in [0, 0.1) is 22.9 Å². The maximum absolute atomic E-state index is 7.89. The average Bonchev–Trinajstić information content (AvgIpc) is 2.55. The van der Waals surface area contributed by atoms with Crippen molar-refractivity contribution in [3.63, 3.8) is 0 Å². The van der Waals surface area contributed by atoms with E-state index in [2.05, 4.69) is 0 Å². The minimum atomic E-state index is 0.448. The summed E-state index contributed by atoms with van der Waals surface area (Å²) < 4.78 is 5.94. The van der Waals surface area contributed by atoms with Gasteiger partial charge in [0.25, 0.3) is 0 Å². The van der Waals surface area contributed by atoms with Gasteiger partial charge in [-0.05, 0) is 36.8 Å². The molecule has 0 aromatic heterocycles. The SMILES string of the molecule is C/C=c1/oc2cc(=N)c(C)cc-2nc1=c1ccccc1=CN. The summed E-state index contributed by atoms with van der Waals surface area (Å²) in [6.45, 7) is 3.80. The third-order valence-corrected chi connectivity index (χ3v) is 3.65. The molecule has 4 heteroatoms. The van der Waals surface area contributed by atoms with Crippen LogP contribution in [0.2, 0.25) is 0 Å². The highest BCUT2D eigenvalue weighted by atomic mass is 16.3. The van der Waals surface area contributed by atoms with E-state index in [9.17, 15) is 0 Å². The third kappa shape index (κ3) is 2.29. The molecule has 2 aliphatic rings. The van der Waals surface area contributed by atoms with Gasteiger partial charge >= 0.3 is 0 Å². The lowest BCUT2D eigenvalue weighted by Gasteiger charge is -2.05. The minimum absolute atomic E-state index is 0.448. The molecule has 0 spiro atoms. The fraction of sp³-hybridized carbons (Fsp3) is 0.111. The van der Waals surface area contributed by atoms with Crippen LogP contribution in [-0.2, 0) is 0 Å². The minimum Gasteiger partial charge on any atom is -0.453 e. The van der Waals surface area contributed by atoms with E-state index in [1.54, 1.807) is 12.3 Å². The molecule has 1 aliphatic heterocycles. The van der Waals surface area contributed by atoms with Crippen LogP contribution in [0.5, 0.6) is 0 Å². The second-order valence-electron chi connectivity index (χ2n) is 5.10. The van der Waals surface area contributed by atoms with Crippen LogP contribution in [0.4, 0.5) is 0 Å². The van der Waals surface area contributed by atoms with Gasteiger partial charge in [0.15, 0.2) is 5.76 Å². The number of nitrogens with two attached hydrogens (primary N) is 1. The molecule has 0 atom stereocenters. The highest BCUT2D eigenvalue weighted by Crippen LogP contribution is 2.15. The van der Waals surface area contributed by atoms with Gasteiger partial charge in [0.05, 0.1) is 5.36 Å². The number of hydrogen-bond donors (Lipinski definition) is 2. The van der Waals surface area contributed by atoms with Crippen LogP contribution in [0.3, 0.4) is 0 Å². The number of aryl methyl sites for hydroxylation is 1. The van der Waals surface area contributed by atoms with Gasteiger partial charge < -0.3 is 15.6 Å². The van der Waals surface area contributed by atoms with E-state index in [-0.39, 0.29) is 0 Å². The Labute approximate surface area is 127 Å². The molecule has 110 valence electrons. The maximum atomic E-state index is 7.89. The fourth-order valence-corrected chi connectivity index (χ4v) is 2.43. The first-order chi connectivity index (χ1) is 10.6. The van der Waals surface area contributed by atoms with E-state index in [1.165, 1.54) is 0 Å². The Kier molecular flexibility index (Phi) is 3.51. The summed E-state index contributed by atoms with van der Waals surface area (Å²) in [6.07, 6.45) is 3.44. The third-order valence-electron chi connectivity index (χ3n) is 3.65. The summed E-state index contributed by atoms with van der Waals surface area (Å²) >= 11 is 0. The second kappa shape index (κ2) is 5.48. The molecular formula is C18H17N3O. The van der Waals surface area contributed by atoms with Crippen molar-refractivity contribution >= 4 is 12.3 Å². The summed E-state index contributed by atoms with van der Waals surface area (Å²) in [5.41, 5.74) is 7.99. The molecule has 1 aliphatic carbocycles. The zero-order chi connectivity index (χ0) is 15.7. The number of aromatic nitrogens is 1. The van der Waals surface area contributed by atoms with Gasteiger partial charge in [-0.3, -0.25) is 0 Å². The second-order valence-corrected chi connectivity index (χ2v) is 5.10. The standard InChI is InChI=1S/C18H17N3O/c1-3-16-18(13-7-5-4-6-12(13)10-19)21-15-8-11(2)14(20)9-17(15)22-16/h3-10,20H,19H2,1-2H3/b12-10?,16-3+,18-13?,20-14?. The normalized spacial score (nSPS) is 14.6. The van der Waals surface area contributed by atoms with Gasteiger partial charge in [-0.1, -0.05) is 24.3 Å². The van der Waals surface area contributed by atoms with Gasteiger partial charge in [0.2, 0.25) is 0 Å². The molecule has 22 heavy (non-hydrogen) atoms. The lowest BCUT2D eigenvalue weighted by molar-refractivity contribution is 0.513. The molecule has 1 aromatic carbocycles. The van der Waals surface area contributed by atoms with Crippen molar-refractivity contribution in [1.82, 2.24) is 4.98 Å². The Morgan fingerprint density at radius 3 is 2.73 bits per heavy atom. The first kappa shape index (κ1) is 14.1. The Morgan fingerprint density at radius 2 is 2.00 bits per heavy atom. The quantitative estimate of drug-likeness (QED) is 0.656. The molecule has 0 saturated heterocycles. The highest BCUT2D eigenvalue weighted by Gasteiger charge is 2.08.